The largest absolute Gasteiger partial charge is 0.369 e. The summed E-state index contributed by atoms with van der Waals surface area (Å²) in [4.78, 5) is 28.2. The smallest absolute Gasteiger partial charge is 0.263 e. The molecule has 1 amide bonds. The van der Waals surface area contributed by atoms with Crippen molar-refractivity contribution in [3.05, 3.63) is 42.1 Å². The van der Waals surface area contributed by atoms with Gasteiger partial charge in [-0.15, -0.1) is 0 Å². The number of carbonyl (C=O) groups excluding carboxylic acids is 1. The molecule has 35 heavy (non-hydrogen) atoms. The van der Waals surface area contributed by atoms with E-state index in [-0.39, 0.29) is 17.6 Å². The van der Waals surface area contributed by atoms with Gasteiger partial charge in [-0.05, 0) is 57.0 Å². The highest BCUT2D eigenvalue weighted by atomic mass is 19.1. The van der Waals surface area contributed by atoms with Gasteiger partial charge in [0.25, 0.3) is 5.71 Å². The molecular formula is C25H32FN7O2. The van der Waals surface area contributed by atoms with Crippen molar-refractivity contribution in [2.75, 3.05) is 62.2 Å². The minimum atomic E-state index is -0.200. The van der Waals surface area contributed by atoms with Crippen LogP contribution >= 0.6 is 0 Å². The Bertz CT molecular complexity index is 1140. The van der Waals surface area contributed by atoms with Crippen molar-refractivity contribution in [2.45, 2.75) is 26.2 Å². The zero-order valence-electron chi connectivity index (χ0n) is 20.1. The van der Waals surface area contributed by atoms with Crippen molar-refractivity contribution in [1.29, 1.82) is 0 Å². The molecule has 0 aliphatic carbocycles. The number of aromatic nitrogens is 3. The molecule has 0 saturated carbocycles. The first-order valence-electron chi connectivity index (χ1n) is 12.4. The van der Waals surface area contributed by atoms with E-state index >= 15 is 0 Å². The van der Waals surface area contributed by atoms with Crippen LogP contribution in [0.4, 0.5) is 15.9 Å². The molecule has 1 aromatic carbocycles. The first-order valence-corrected chi connectivity index (χ1v) is 12.4. The molecule has 0 spiro atoms. The fraction of sp³-hybridized carbons (Fsp3) is 0.520. The zero-order chi connectivity index (χ0) is 24.2. The summed E-state index contributed by atoms with van der Waals surface area (Å²) in [5.41, 5.74) is 2.36. The summed E-state index contributed by atoms with van der Waals surface area (Å²) >= 11 is 0. The van der Waals surface area contributed by atoms with Gasteiger partial charge in [-0.3, -0.25) is 9.69 Å². The van der Waals surface area contributed by atoms with Gasteiger partial charge in [0.15, 0.2) is 0 Å². The van der Waals surface area contributed by atoms with Crippen LogP contribution in [0.15, 0.2) is 35.1 Å². The zero-order valence-corrected chi connectivity index (χ0v) is 20.1. The molecule has 2 aliphatic rings. The number of nitrogens with one attached hydrogen (secondary N) is 1. The molecule has 0 bridgehead atoms. The van der Waals surface area contributed by atoms with E-state index in [0.29, 0.717) is 12.3 Å². The molecule has 5 rings (SSSR count). The average molecular weight is 482 g/mol. The Kier molecular flexibility index (Phi) is 7.08. The number of fused-ring (bicyclic) bond motifs is 1. The molecule has 2 saturated heterocycles. The third kappa shape index (κ3) is 5.37. The minimum Gasteiger partial charge on any atom is -0.369 e. The number of anilines is 2. The lowest BCUT2D eigenvalue weighted by atomic mass is 9.95. The maximum absolute atomic E-state index is 13.1. The molecule has 186 valence electrons. The molecule has 0 unspecified atom stereocenters. The summed E-state index contributed by atoms with van der Waals surface area (Å²) in [7, 11) is 0. The van der Waals surface area contributed by atoms with Gasteiger partial charge in [0.1, 0.15) is 23.3 Å². The Balaban J connectivity index is 1.01. The maximum Gasteiger partial charge on any atom is 0.263 e. The third-order valence-corrected chi connectivity index (χ3v) is 7.10. The normalized spacial score (nSPS) is 17.8. The monoisotopic (exact) mass is 481 g/mol. The molecule has 9 nitrogen and oxygen atoms in total. The van der Waals surface area contributed by atoms with Crippen LogP contribution in [0.2, 0.25) is 0 Å². The van der Waals surface area contributed by atoms with E-state index in [1.54, 1.807) is 0 Å². The Morgan fingerprint density at radius 1 is 1.06 bits per heavy atom. The number of nitrogens with zero attached hydrogens (tertiary/aromatic N) is 6. The second-order valence-electron chi connectivity index (χ2n) is 9.36. The van der Waals surface area contributed by atoms with E-state index in [0.717, 1.165) is 87.7 Å². The summed E-state index contributed by atoms with van der Waals surface area (Å²) in [6.07, 6.45) is 4.04. The summed E-state index contributed by atoms with van der Waals surface area (Å²) in [5, 5.41) is 8.00. The standard InChI is InChI=1S/C25H32FN7O2/c1-18-22-23(28-17-29-25(22)35-30-18)33-11-7-19(8-12-33)24(34)27-9-2-10-31-13-15-32(16-14-31)21-5-3-20(26)4-6-21/h3-6,17,19H,2,7-16H2,1H3,(H,27,34). The summed E-state index contributed by atoms with van der Waals surface area (Å²) in [6.45, 7) is 8.93. The SMILES string of the molecule is Cc1noc2ncnc(N3CCC(C(=O)NCCCN4CCN(c5ccc(F)cc5)CC4)CC3)c12. The summed E-state index contributed by atoms with van der Waals surface area (Å²) < 4.78 is 18.4. The second-order valence-corrected chi connectivity index (χ2v) is 9.36. The highest BCUT2D eigenvalue weighted by Crippen LogP contribution is 2.29. The topological polar surface area (TPSA) is 90.6 Å². The molecule has 10 heteroatoms. The Morgan fingerprint density at radius 3 is 2.54 bits per heavy atom. The van der Waals surface area contributed by atoms with Crippen LogP contribution in [0.1, 0.15) is 25.0 Å². The lowest BCUT2D eigenvalue weighted by molar-refractivity contribution is -0.125. The highest BCUT2D eigenvalue weighted by Gasteiger charge is 2.27. The fourth-order valence-electron chi connectivity index (χ4n) is 5.04. The molecule has 0 radical (unpaired) electrons. The third-order valence-electron chi connectivity index (χ3n) is 7.10. The molecular weight excluding hydrogens is 449 g/mol. The number of aryl methyl sites for hydroxylation is 1. The average Bonchev–Trinajstić information content (AvgIpc) is 3.28. The minimum absolute atomic E-state index is 0.0337. The van der Waals surface area contributed by atoms with Gasteiger partial charge < -0.3 is 19.6 Å². The number of piperazine rings is 1. The van der Waals surface area contributed by atoms with E-state index in [1.165, 1.54) is 18.5 Å². The van der Waals surface area contributed by atoms with E-state index in [9.17, 15) is 9.18 Å². The lowest BCUT2D eigenvalue weighted by Gasteiger charge is -2.36. The van der Waals surface area contributed by atoms with E-state index in [1.807, 2.05) is 19.1 Å². The Morgan fingerprint density at radius 2 is 1.80 bits per heavy atom. The second kappa shape index (κ2) is 10.6. The number of carbonyl (C=O) groups is 1. The molecule has 1 N–H and O–H groups in total. The first kappa shape index (κ1) is 23.5. The van der Waals surface area contributed by atoms with Crippen LogP contribution in [0.3, 0.4) is 0 Å². The van der Waals surface area contributed by atoms with E-state index in [4.69, 9.17) is 4.52 Å². The lowest BCUT2D eigenvalue weighted by Crippen LogP contribution is -2.47. The maximum atomic E-state index is 13.1. The van der Waals surface area contributed by atoms with Crippen molar-refractivity contribution < 1.29 is 13.7 Å². The molecule has 2 aliphatic heterocycles. The summed E-state index contributed by atoms with van der Waals surface area (Å²) in [5.74, 6) is 0.826. The number of hydrogen-bond donors (Lipinski definition) is 1. The van der Waals surface area contributed by atoms with Crippen molar-refractivity contribution in [1.82, 2.24) is 25.3 Å². The van der Waals surface area contributed by atoms with Gasteiger partial charge >= 0.3 is 0 Å². The molecule has 2 aromatic heterocycles. The predicted octanol–water partition coefficient (Wildman–Crippen LogP) is 2.61. The Labute approximate surface area is 204 Å². The van der Waals surface area contributed by atoms with Crippen LogP contribution in [0.5, 0.6) is 0 Å². The number of rotatable bonds is 7. The number of benzene rings is 1. The number of hydrogen-bond acceptors (Lipinski definition) is 8. The fourth-order valence-corrected chi connectivity index (χ4v) is 5.04. The van der Waals surface area contributed by atoms with Gasteiger partial charge in [0, 0.05) is 57.4 Å². The van der Waals surface area contributed by atoms with Gasteiger partial charge in [-0.1, -0.05) is 5.16 Å². The van der Waals surface area contributed by atoms with Crippen molar-refractivity contribution in [3.8, 4) is 0 Å². The molecule has 0 atom stereocenters. The van der Waals surface area contributed by atoms with E-state index < -0.39 is 0 Å². The van der Waals surface area contributed by atoms with Crippen molar-refractivity contribution >= 4 is 28.5 Å². The van der Waals surface area contributed by atoms with Gasteiger partial charge in [0.05, 0.1) is 5.69 Å². The number of amides is 1. The quantitative estimate of drug-likeness (QED) is 0.515. The summed E-state index contributed by atoms with van der Waals surface area (Å²) in [6, 6.07) is 6.71. The van der Waals surface area contributed by atoms with Crippen molar-refractivity contribution in [2.24, 2.45) is 5.92 Å². The molecule has 3 aromatic rings. The van der Waals surface area contributed by atoms with Crippen LogP contribution in [0, 0.1) is 18.7 Å². The van der Waals surface area contributed by atoms with Gasteiger partial charge in [-0.2, -0.15) is 4.98 Å². The predicted molar refractivity (Wildman–Crippen MR) is 132 cm³/mol. The van der Waals surface area contributed by atoms with E-state index in [2.05, 4.69) is 35.1 Å². The molecule has 4 heterocycles. The highest BCUT2D eigenvalue weighted by molar-refractivity contribution is 5.88. The molecule has 2 fully saturated rings. The first-order chi connectivity index (χ1) is 17.1. The number of halogens is 1. The van der Waals surface area contributed by atoms with Crippen molar-refractivity contribution in [3.63, 3.8) is 0 Å². The van der Waals surface area contributed by atoms with Crippen LogP contribution in [-0.4, -0.2) is 78.3 Å². The van der Waals surface area contributed by atoms with Gasteiger partial charge in [-0.25, -0.2) is 9.37 Å². The Hall–Kier alpha value is -3.27. The van der Waals surface area contributed by atoms with Crippen LogP contribution in [-0.2, 0) is 4.79 Å². The van der Waals surface area contributed by atoms with Gasteiger partial charge in [0.2, 0.25) is 5.91 Å². The van der Waals surface area contributed by atoms with Crippen LogP contribution in [0.25, 0.3) is 11.1 Å². The van der Waals surface area contributed by atoms with Crippen LogP contribution < -0.4 is 15.1 Å². The number of piperidine rings is 1.